The smallest absolute Gasteiger partial charge is 0.268 e. The van der Waals surface area contributed by atoms with Crippen molar-refractivity contribution < 1.29 is 14.2 Å². The molecular formula is C15H21N5O3. The summed E-state index contributed by atoms with van der Waals surface area (Å²) in [6.45, 7) is 7.24. The van der Waals surface area contributed by atoms with Crippen molar-refractivity contribution in [3.05, 3.63) is 35.4 Å². The molecule has 8 nitrogen and oxygen atoms in total. The van der Waals surface area contributed by atoms with E-state index < -0.39 is 0 Å². The highest BCUT2D eigenvalue weighted by atomic mass is 16.6. The van der Waals surface area contributed by atoms with Gasteiger partial charge in [0.05, 0.1) is 19.8 Å². The molecule has 0 spiro atoms. The molecule has 1 aliphatic rings. The SMILES string of the molecule is Cc1nonc1CNC(=O)c1cccn1CCN1CCOCC1. The van der Waals surface area contributed by atoms with Gasteiger partial charge in [0.2, 0.25) is 0 Å². The van der Waals surface area contributed by atoms with Gasteiger partial charge in [0, 0.05) is 32.4 Å². The van der Waals surface area contributed by atoms with Gasteiger partial charge < -0.3 is 14.6 Å². The molecule has 1 amide bonds. The maximum Gasteiger partial charge on any atom is 0.268 e. The second-order valence-corrected chi connectivity index (χ2v) is 5.52. The number of hydrogen-bond acceptors (Lipinski definition) is 6. The maximum atomic E-state index is 12.3. The molecule has 23 heavy (non-hydrogen) atoms. The molecule has 0 saturated carbocycles. The lowest BCUT2D eigenvalue weighted by atomic mass is 10.3. The number of morpholine rings is 1. The van der Waals surface area contributed by atoms with Gasteiger partial charge in [-0.05, 0) is 19.1 Å². The quantitative estimate of drug-likeness (QED) is 0.832. The number of aryl methyl sites for hydroxylation is 1. The van der Waals surface area contributed by atoms with E-state index in [1.807, 2.05) is 22.9 Å². The van der Waals surface area contributed by atoms with E-state index in [0.29, 0.717) is 23.6 Å². The lowest BCUT2D eigenvalue weighted by Crippen LogP contribution is -2.38. The third-order valence-corrected chi connectivity index (χ3v) is 3.99. The Morgan fingerprint density at radius 2 is 2.13 bits per heavy atom. The minimum Gasteiger partial charge on any atom is -0.379 e. The molecule has 8 heteroatoms. The van der Waals surface area contributed by atoms with Crippen molar-refractivity contribution in [2.75, 3.05) is 32.8 Å². The van der Waals surface area contributed by atoms with Gasteiger partial charge in [-0.25, -0.2) is 4.63 Å². The molecule has 0 bridgehead atoms. The summed E-state index contributed by atoms with van der Waals surface area (Å²) < 4.78 is 11.9. The lowest BCUT2D eigenvalue weighted by molar-refractivity contribution is 0.0363. The molecule has 0 atom stereocenters. The second-order valence-electron chi connectivity index (χ2n) is 5.52. The Hall–Kier alpha value is -2.19. The van der Waals surface area contributed by atoms with Gasteiger partial charge in [0.15, 0.2) is 0 Å². The minimum atomic E-state index is -0.126. The predicted octanol–water partition coefficient (Wildman–Crippen LogP) is 0.442. The Kier molecular flexibility index (Phi) is 5.04. The van der Waals surface area contributed by atoms with Crippen molar-refractivity contribution in [2.24, 2.45) is 0 Å². The van der Waals surface area contributed by atoms with Gasteiger partial charge in [0.1, 0.15) is 17.1 Å². The zero-order chi connectivity index (χ0) is 16.1. The van der Waals surface area contributed by atoms with E-state index >= 15 is 0 Å². The summed E-state index contributed by atoms with van der Waals surface area (Å²) in [7, 11) is 0. The van der Waals surface area contributed by atoms with Crippen LogP contribution in [-0.4, -0.2) is 58.5 Å². The standard InChI is InChI=1S/C15H21N5O3/c1-12-13(18-23-17-12)11-16-15(21)14-3-2-4-20(14)6-5-19-7-9-22-10-8-19/h2-4H,5-11H2,1H3,(H,16,21). The van der Waals surface area contributed by atoms with Crippen LogP contribution in [0.1, 0.15) is 21.9 Å². The molecule has 1 fully saturated rings. The fraction of sp³-hybridized carbons (Fsp3) is 0.533. The monoisotopic (exact) mass is 319 g/mol. The molecule has 1 N–H and O–H groups in total. The molecule has 2 aromatic heterocycles. The van der Waals surface area contributed by atoms with Gasteiger partial charge in [-0.15, -0.1) is 0 Å². The van der Waals surface area contributed by atoms with Gasteiger partial charge in [-0.2, -0.15) is 0 Å². The lowest BCUT2D eigenvalue weighted by Gasteiger charge is -2.26. The van der Waals surface area contributed by atoms with Gasteiger partial charge in [-0.1, -0.05) is 10.3 Å². The predicted molar refractivity (Wildman–Crippen MR) is 81.9 cm³/mol. The van der Waals surface area contributed by atoms with E-state index in [1.54, 1.807) is 6.92 Å². The Balaban J connectivity index is 1.54. The topological polar surface area (TPSA) is 85.4 Å². The highest BCUT2D eigenvalue weighted by molar-refractivity contribution is 5.92. The zero-order valence-corrected chi connectivity index (χ0v) is 13.2. The summed E-state index contributed by atoms with van der Waals surface area (Å²) in [4.78, 5) is 14.7. The van der Waals surface area contributed by atoms with Crippen LogP contribution in [0.3, 0.4) is 0 Å². The summed E-state index contributed by atoms with van der Waals surface area (Å²) >= 11 is 0. The van der Waals surface area contributed by atoms with Crippen molar-refractivity contribution >= 4 is 5.91 Å². The van der Waals surface area contributed by atoms with Crippen LogP contribution in [-0.2, 0) is 17.8 Å². The molecule has 2 aromatic rings. The number of carbonyl (C=O) groups is 1. The first-order chi connectivity index (χ1) is 11.2. The van der Waals surface area contributed by atoms with E-state index in [2.05, 4.69) is 25.2 Å². The summed E-state index contributed by atoms with van der Waals surface area (Å²) in [5.41, 5.74) is 1.98. The fourth-order valence-corrected chi connectivity index (χ4v) is 2.55. The molecule has 0 unspecified atom stereocenters. The van der Waals surface area contributed by atoms with Crippen molar-refractivity contribution in [3.8, 4) is 0 Å². The van der Waals surface area contributed by atoms with Crippen LogP contribution in [0.25, 0.3) is 0 Å². The third kappa shape index (κ3) is 3.96. The maximum absolute atomic E-state index is 12.3. The van der Waals surface area contributed by atoms with Crippen LogP contribution in [0.4, 0.5) is 0 Å². The highest BCUT2D eigenvalue weighted by Gasteiger charge is 2.14. The number of aromatic nitrogens is 3. The normalized spacial score (nSPS) is 15.7. The van der Waals surface area contributed by atoms with E-state index in [0.717, 1.165) is 39.4 Å². The summed E-state index contributed by atoms with van der Waals surface area (Å²) in [5.74, 6) is -0.126. The van der Waals surface area contributed by atoms with Crippen molar-refractivity contribution in [1.29, 1.82) is 0 Å². The molecule has 1 aliphatic heterocycles. The van der Waals surface area contributed by atoms with Crippen LogP contribution in [0.5, 0.6) is 0 Å². The van der Waals surface area contributed by atoms with Gasteiger partial charge in [-0.3, -0.25) is 9.69 Å². The average molecular weight is 319 g/mol. The average Bonchev–Trinajstić information content (AvgIpc) is 3.20. The number of amides is 1. The number of hydrogen-bond donors (Lipinski definition) is 1. The van der Waals surface area contributed by atoms with E-state index in [1.165, 1.54) is 0 Å². The minimum absolute atomic E-state index is 0.126. The Labute approximate surface area is 134 Å². The first-order valence-electron chi connectivity index (χ1n) is 7.75. The van der Waals surface area contributed by atoms with Crippen LogP contribution >= 0.6 is 0 Å². The van der Waals surface area contributed by atoms with E-state index in [-0.39, 0.29) is 5.91 Å². The first-order valence-corrected chi connectivity index (χ1v) is 7.75. The number of nitrogens with zero attached hydrogens (tertiary/aromatic N) is 4. The Bertz CT molecular complexity index is 645. The molecule has 1 saturated heterocycles. The van der Waals surface area contributed by atoms with Crippen molar-refractivity contribution in [1.82, 2.24) is 25.1 Å². The summed E-state index contributed by atoms with van der Waals surface area (Å²) in [6.07, 6.45) is 1.93. The molecular weight excluding hydrogens is 298 g/mol. The fourth-order valence-electron chi connectivity index (χ4n) is 2.55. The number of ether oxygens (including phenoxy) is 1. The van der Waals surface area contributed by atoms with Crippen molar-refractivity contribution in [2.45, 2.75) is 20.0 Å². The summed E-state index contributed by atoms with van der Waals surface area (Å²) in [5, 5.41) is 10.3. The van der Waals surface area contributed by atoms with Gasteiger partial charge >= 0.3 is 0 Å². The molecule has 0 aromatic carbocycles. The van der Waals surface area contributed by atoms with Crippen molar-refractivity contribution in [3.63, 3.8) is 0 Å². The molecule has 0 radical (unpaired) electrons. The summed E-state index contributed by atoms with van der Waals surface area (Å²) in [6, 6.07) is 3.71. The zero-order valence-electron chi connectivity index (χ0n) is 13.2. The largest absolute Gasteiger partial charge is 0.379 e. The van der Waals surface area contributed by atoms with E-state index in [4.69, 9.17) is 4.74 Å². The number of nitrogens with one attached hydrogen (secondary N) is 1. The van der Waals surface area contributed by atoms with Gasteiger partial charge in [0.25, 0.3) is 5.91 Å². The highest BCUT2D eigenvalue weighted by Crippen LogP contribution is 2.06. The first kappa shape index (κ1) is 15.7. The number of rotatable bonds is 6. The van der Waals surface area contributed by atoms with Crippen LogP contribution in [0.2, 0.25) is 0 Å². The second kappa shape index (κ2) is 7.38. The molecule has 3 rings (SSSR count). The molecule has 0 aliphatic carbocycles. The Morgan fingerprint density at radius 3 is 2.87 bits per heavy atom. The number of carbonyl (C=O) groups excluding carboxylic acids is 1. The van der Waals surface area contributed by atoms with Crippen LogP contribution < -0.4 is 5.32 Å². The van der Waals surface area contributed by atoms with E-state index in [9.17, 15) is 4.79 Å². The third-order valence-electron chi connectivity index (χ3n) is 3.99. The molecule has 124 valence electrons. The molecule has 3 heterocycles. The van der Waals surface area contributed by atoms with Crippen LogP contribution in [0.15, 0.2) is 23.0 Å². The van der Waals surface area contributed by atoms with Crippen LogP contribution in [0, 0.1) is 6.92 Å². The Morgan fingerprint density at radius 1 is 1.30 bits per heavy atom.